The summed E-state index contributed by atoms with van der Waals surface area (Å²) >= 11 is 1.40. The van der Waals surface area contributed by atoms with Crippen molar-refractivity contribution in [2.75, 3.05) is 44.6 Å². The minimum absolute atomic E-state index is 0.0225. The molecule has 1 N–H and O–H groups in total. The fourth-order valence-electron chi connectivity index (χ4n) is 3.49. The average Bonchev–Trinajstić information content (AvgIpc) is 3.48. The Balaban J connectivity index is 1.60. The molecule has 1 aliphatic rings. The second kappa shape index (κ2) is 11.7. The number of unbranched alkanes of at least 4 members (excludes halogenated alkanes) is 1. The number of hydrogen-bond acceptors (Lipinski definition) is 7. The van der Waals surface area contributed by atoms with Gasteiger partial charge in [0.25, 0.3) is 5.91 Å². The average molecular weight is 462 g/mol. The van der Waals surface area contributed by atoms with Crippen LogP contribution in [0.15, 0.2) is 28.2 Å². The number of nitrogens with one attached hydrogen (secondary N) is 1. The third-order valence-corrected chi connectivity index (χ3v) is 6.22. The molecule has 10 heteroatoms. The maximum atomic E-state index is 13.2. The number of thiazole rings is 1. The topological polar surface area (TPSA) is 99.0 Å². The van der Waals surface area contributed by atoms with Gasteiger partial charge in [-0.3, -0.25) is 14.4 Å². The standard InChI is InChI=1S/C22H31N5O4S/c1-3-4-8-23-22-24-19(16-32-22)21(30)27(15-18-6-5-14-31-18)9-7-20(29)26-12-10-25(11-13-26)17(2)28/h5-6,14,16H,3-4,7-13,15H2,1-2H3,(H,23,24). The van der Waals surface area contributed by atoms with Crippen LogP contribution < -0.4 is 5.32 Å². The van der Waals surface area contributed by atoms with Gasteiger partial charge in [0.15, 0.2) is 5.13 Å². The molecule has 174 valence electrons. The Morgan fingerprint density at radius 2 is 1.97 bits per heavy atom. The van der Waals surface area contributed by atoms with Crippen molar-refractivity contribution in [1.29, 1.82) is 0 Å². The van der Waals surface area contributed by atoms with E-state index in [2.05, 4.69) is 17.2 Å². The van der Waals surface area contributed by atoms with Crippen molar-refractivity contribution < 1.29 is 18.8 Å². The van der Waals surface area contributed by atoms with Gasteiger partial charge in [-0.05, 0) is 18.6 Å². The molecular weight excluding hydrogens is 430 g/mol. The van der Waals surface area contributed by atoms with Crippen LogP contribution in [0, 0.1) is 0 Å². The highest BCUT2D eigenvalue weighted by atomic mass is 32.1. The van der Waals surface area contributed by atoms with Crippen LogP contribution >= 0.6 is 11.3 Å². The molecule has 1 saturated heterocycles. The van der Waals surface area contributed by atoms with Crippen molar-refractivity contribution in [2.45, 2.75) is 39.7 Å². The molecule has 0 bridgehead atoms. The summed E-state index contributed by atoms with van der Waals surface area (Å²) in [6, 6.07) is 3.58. The lowest BCUT2D eigenvalue weighted by Gasteiger charge is -2.34. The first kappa shape index (κ1) is 23.8. The van der Waals surface area contributed by atoms with Gasteiger partial charge in [-0.15, -0.1) is 11.3 Å². The first-order valence-electron chi connectivity index (χ1n) is 11.0. The van der Waals surface area contributed by atoms with Gasteiger partial charge >= 0.3 is 0 Å². The van der Waals surface area contributed by atoms with Crippen LogP contribution in [-0.4, -0.2) is 76.7 Å². The molecule has 0 aliphatic carbocycles. The van der Waals surface area contributed by atoms with Crippen LogP contribution in [0.1, 0.15) is 49.4 Å². The molecule has 0 spiro atoms. The molecule has 32 heavy (non-hydrogen) atoms. The van der Waals surface area contributed by atoms with Crippen molar-refractivity contribution >= 4 is 34.2 Å². The van der Waals surface area contributed by atoms with Gasteiger partial charge in [-0.2, -0.15) is 0 Å². The van der Waals surface area contributed by atoms with E-state index in [4.69, 9.17) is 4.42 Å². The summed E-state index contributed by atoms with van der Waals surface area (Å²) in [4.78, 5) is 46.9. The highest BCUT2D eigenvalue weighted by Gasteiger charge is 2.25. The second-order valence-electron chi connectivity index (χ2n) is 7.76. The van der Waals surface area contributed by atoms with Crippen LogP contribution in [-0.2, 0) is 16.1 Å². The number of hydrogen-bond donors (Lipinski definition) is 1. The van der Waals surface area contributed by atoms with Crippen molar-refractivity contribution in [1.82, 2.24) is 19.7 Å². The fraction of sp³-hybridized carbons (Fsp3) is 0.545. The molecule has 1 aliphatic heterocycles. The molecule has 9 nitrogen and oxygen atoms in total. The molecule has 0 radical (unpaired) electrons. The van der Waals surface area contributed by atoms with Crippen molar-refractivity contribution in [3.63, 3.8) is 0 Å². The fourth-order valence-corrected chi connectivity index (χ4v) is 4.20. The summed E-state index contributed by atoms with van der Waals surface area (Å²) in [5.74, 6) is 0.428. The number of carbonyl (C=O) groups is 3. The Kier molecular flexibility index (Phi) is 8.66. The number of piperazine rings is 1. The predicted molar refractivity (Wildman–Crippen MR) is 122 cm³/mol. The Labute approximate surface area is 192 Å². The van der Waals surface area contributed by atoms with E-state index < -0.39 is 0 Å². The Morgan fingerprint density at radius 3 is 2.62 bits per heavy atom. The highest BCUT2D eigenvalue weighted by molar-refractivity contribution is 7.13. The number of nitrogens with zero attached hydrogens (tertiary/aromatic N) is 4. The highest BCUT2D eigenvalue weighted by Crippen LogP contribution is 2.19. The van der Waals surface area contributed by atoms with Gasteiger partial charge in [-0.25, -0.2) is 4.98 Å². The molecule has 3 amide bonds. The van der Waals surface area contributed by atoms with Gasteiger partial charge < -0.3 is 24.4 Å². The molecule has 3 rings (SSSR count). The zero-order valence-corrected chi connectivity index (χ0v) is 19.5. The zero-order chi connectivity index (χ0) is 22.9. The predicted octanol–water partition coefficient (Wildman–Crippen LogP) is 2.67. The van der Waals surface area contributed by atoms with Crippen LogP contribution in [0.2, 0.25) is 0 Å². The monoisotopic (exact) mass is 461 g/mol. The Morgan fingerprint density at radius 1 is 1.22 bits per heavy atom. The molecule has 0 unspecified atom stereocenters. The molecule has 2 aromatic heterocycles. The van der Waals surface area contributed by atoms with Crippen LogP contribution in [0.3, 0.4) is 0 Å². The van der Waals surface area contributed by atoms with Gasteiger partial charge in [-0.1, -0.05) is 13.3 Å². The zero-order valence-electron chi connectivity index (χ0n) is 18.7. The van der Waals surface area contributed by atoms with Crippen LogP contribution in [0.4, 0.5) is 5.13 Å². The summed E-state index contributed by atoms with van der Waals surface area (Å²) < 4.78 is 5.42. The third kappa shape index (κ3) is 6.56. The van der Waals surface area contributed by atoms with E-state index >= 15 is 0 Å². The second-order valence-corrected chi connectivity index (χ2v) is 8.62. The van der Waals surface area contributed by atoms with E-state index in [1.807, 2.05) is 6.07 Å². The van der Waals surface area contributed by atoms with Crippen LogP contribution in [0.5, 0.6) is 0 Å². The summed E-state index contributed by atoms with van der Waals surface area (Å²) in [5, 5.41) is 5.71. The van der Waals surface area contributed by atoms with Gasteiger partial charge in [0.1, 0.15) is 11.5 Å². The Hall–Kier alpha value is -2.88. The van der Waals surface area contributed by atoms with E-state index in [-0.39, 0.29) is 37.2 Å². The SMILES string of the molecule is CCCCNc1nc(C(=O)N(CCC(=O)N2CCN(C(C)=O)CC2)Cc2ccco2)cs1. The molecule has 0 atom stereocenters. The lowest BCUT2D eigenvalue weighted by Crippen LogP contribution is -2.50. The van der Waals surface area contributed by atoms with E-state index in [0.29, 0.717) is 37.6 Å². The van der Waals surface area contributed by atoms with Crippen molar-refractivity contribution in [3.8, 4) is 0 Å². The number of amides is 3. The first-order chi connectivity index (χ1) is 15.5. The number of carbonyl (C=O) groups excluding carboxylic acids is 3. The first-order valence-corrected chi connectivity index (χ1v) is 11.9. The van der Waals surface area contributed by atoms with Crippen LogP contribution in [0.25, 0.3) is 0 Å². The van der Waals surface area contributed by atoms with Gasteiger partial charge in [0.2, 0.25) is 11.8 Å². The molecule has 3 heterocycles. The van der Waals surface area contributed by atoms with Crippen molar-refractivity contribution in [3.05, 3.63) is 35.2 Å². The molecule has 0 aromatic carbocycles. The number of anilines is 1. The number of furan rings is 1. The smallest absolute Gasteiger partial charge is 0.273 e. The molecule has 2 aromatic rings. The molecular formula is C22H31N5O4S. The quantitative estimate of drug-likeness (QED) is 0.546. The minimum Gasteiger partial charge on any atom is -0.467 e. The summed E-state index contributed by atoms with van der Waals surface area (Å²) in [7, 11) is 0. The maximum absolute atomic E-state index is 13.2. The Bertz CT molecular complexity index is 890. The third-order valence-electron chi connectivity index (χ3n) is 5.42. The van der Waals surface area contributed by atoms with E-state index in [1.54, 1.807) is 39.3 Å². The largest absolute Gasteiger partial charge is 0.467 e. The van der Waals surface area contributed by atoms with Crippen molar-refractivity contribution in [2.24, 2.45) is 0 Å². The number of aromatic nitrogens is 1. The minimum atomic E-state index is -0.226. The van der Waals surface area contributed by atoms with E-state index in [0.717, 1.165) is 24.5 Å². The van der Waals surface area contributed by atoms with E-state index in [1.165, 1.54) is 11.3 Å². The summed E-state index contributed by atoms with van der Waals surface area (Å²) in [6.45, 7) is 7.14. The molecule has 1 fully saturated rings. The summed E-state index contributed by atoms with van der Waals surface area (Å²) in [6.07, 6.45) is 3.89. The van der Waals surface area contributed by atoms with Gasteiger partial charge in [0.05, 0.1) is 12.8 Å². The normalized spacial score (nSPS) is 13.8. The van der Waals surface area contributed by atoms with E-state index in [9.17, 15) is 14.4 Å². The lowest BCUT2D eigenvalue weighted by atomic mass is 10.2. The van der Waals surface area contributed by atoms with Gasteiger partial charge in [0, 0.05) is 58.0 Å². The number of rotatable bonds is 10. The lowest BCUT2D eigenvalue weighted by molar-refractivity contribution is -0.138. The summed E-state index contributed by atoms with van der Waals surface area (Å²) in [5.41, 5.74) is 0.364. The molecule has 0 saturated carbocycles. The maximum Gasteiger partial charge on any atom is 0.273 e.